The molecule has 0 unspecified atom stereocenters. The Morgan fingerprint density at radius 3 is 0.920 bits per heavy atom. The highest BCUT2D eigenvalue weighted by molar-refractivity contribution is 9.10. The standard InChI is InChI=1S/C45H45Br2N3/c1-45(2,3)39-26-24-38(25-27-39)44-49-42(36-20-12-32(13-21-36)8-4-6-10-34-16-28-40(46)29-17-34)48-43(50-44)37-22-14-33(15-23-37)9-5-7-11-35-18-30-41(47)31-19-35/h12-31H,4-11H2,1-3H3. The second-order valence-electron chi connectivity index (χ2n) is 14.2. The first-order chi connectivity index (χ1) is 24.2. The van der Waals surface area contributed by atoms with Gasteiger partial charge in [0.2, 0.25) is 0 Å². The van der Waals surface area contributed by atoms with Crippen LogP contribution >= 0.6 is 31.9 Å². The molecule has 0 fully saturated rings. The average Bonchev–Trinajstić information content (AvgIpc) is 3.13. The van der Waals surface area contributed by atoms with Crippen LogP contribution in [0.4, 0.5) is 0 Å². The largest absolute Gasteiger partial charge is 0.208 e. The molecule has 0 aliphatic rings. The summed E-state index contributed by atoms with van der Waals surface area (Å²) in [5.74, 6) is 2.09. The molecular formula is C45H45Br2N3. The minimum Gasteiger partial charge on any atom is -0.208 e. The van der Waals surface area contributed by atoms with Crippen molar-refractivity contribution in [3.63, 3.8) is 0 Å². The lowest BCUT2D eigenvalue weighted by Crippen LogP contribution is -2.10. The van der Waals surface area contributed by atoms with Crippen molar-refractivity contribution < 1.29 is 0 Å². The molecule has 5 heteroatoms. The summed E-state index contributed by atoms with van der Waals surface area (Å²) in [6.45, 7) is 6.71. The van der Waals surface area contributed by atoms with E-state index in [2.05, 4.69) is 174 Å². The van der Waals surface area contributed by atoms with Gasteiger partial charge in [-0.05, 0) is 109 Å². The molecule has 254 valence electrons. The van der Waals surface area contributed by atoms with E-state index in [0.29, 0.717) is 17.5 Å². The zero-order valence-electron chi connectivity index (χ0n) is 29.3. The Bertz CT molecular complexity index is 1840. The topological polar surface area (TPSA) is 38.7 Å². The van der Waals surface area contributed by atoms with Gasteiger partial charge in [-0.3, -0.25) is 0 Å². The molecule has 6 aromatic rings. The third kappa shape index (κ3) is 10.1. The van der Waals surface area contributed by atoms with Gasteiger partial charge in [0.05, 0.1) is 0 Å². The van der Waals surface area contributed by atoms with Crippen molar-refractivity contribution in [1.29, 1.82) is 0 Å². The molecule has 0 aliphatic heterocycles. The Balaban J connectivity index is 1.17. The van der Waals surface area contributed by atoms with E-state index in [4.69, 9.17) is 15.0 Å². The molecule has 1 aromatic heterocycles. The van der Waals surface area contributed by atoms with Crippen LogP contribution in [0.1, 0.15) is 74.3 Å². The molecule has 5 aromatic carbocycles. The zero-order chi connectivity index (χ0) is 34.9. The zero-order valence-corrected chi connectivity index (χ0v) is 32.5. The molecule has 0 amide bonds. The minimum absolute atomic E-state index is 0.0787. The Labute approximate surface area is 314 Å². The van der Waals surface area contributed by atoms with Crippen molar-refractivity contribution in [2.24, 2.45) is 0 Å². The second-order valence-corrected chi connectivity index (χ2v) is 16.0. The molecule has 0 saturated heterocycles. The van der Waals surface area contributed by atoms with Crippen LogP contribution in [0.25, 0.3) is 34.2 Å². The lowest BCUT2D eigenvalue weighted by atomic mass is 9.87. The van der Waals surface area contributed by atoms with Crippen molar-refractivity contribution in [1.82, 2.24) is 15.0 Å². The molecule has 3 nitrogen and oxygen atoms in total. The molecule has 0 radical (unpaired) electrons. The summed E-state index contributed by atoms with van der Waals surface area (Å²) in [6.07, 6.45) is 8.97. The number of halogens is 2. The van der Waals surface area contributed by atoms with Crippen LogP contribution in [-0.4, -0.2) is 15.0 Å². The van der Waals surface area contributed by atoms with Crippen LogP contribution < -0.4 is 0 Å². The Morgan fingerprint density at radius 2 is 0.640 bits per heavy atom. The molecule has 0 N–H and O–H groups in total. The number of hydrogen-bond acceptors (Lipinski definition) is 3. The third-order valence-corrected chi connectivity index (χ3v) is 10.3. The Morgan fingerprint density at radius 1 is 0.380 bits per heavy atom. The number of rotatable bonds is 13. The highest BCUT2D eigenvalue weighted by Crippen LogP contribution is 2.28. The normalized spacial score (nSPS) is 11.5. The molecular weight excluding hydrogens is 742 g/mol. The summed E-state index contributed by atoms with van der Waals surface area (Å²) in [6, 6.07) is 43.5. The summed E-state index contributed by atoms with van der Waals surface area (Å²) in [7, 11) is 0. The van der Waals surface area contributed by atoms with Gasteiger partial charge in [-0.15, -0.1) is 0 Å². The van der Waals surface area contributed by atoms with Gasteiger partial charge in [0.15, 0.2) is 17.5 Å². The van der Waals surface area contributed by atoms with Crippen LogP contribution in [-0.2, 0) is 31.1 Å². The fourth-order valence-electron chi connectivity index (χ4n) is 6.14. The van der Waals surface area contributed by atoms with Crippen LogP contribution in [0.3, 0.4) is 0 Å². The number of hydrogen-bond donors (Lipinski definition) is 0. The van der Waals surface area contributed by atoms with E-state index in [0.717, 1.165) is 64.2 Å². The van der Waals surface area contributed by atoms with Crippen molar-refractivity contribution in [3.8, 4) is 34.2 Å². The van der Waals surface area contributed by atoms with Gasteiger partial charge in [-0.25, -0.2) is 15.0 Å². The van der Waals surface area contributed by atoms with Gasteiger partial charge < -0.3 is 0 Å². The predicted octanol–water partition coefficient (Wildman–Crippen LogP) is 12.8. The monoisotopic (exact) mass is 785 g/mol. The van der Waals surface area contributed by atoms with E-state index in [1.165, 1.54) is 40.7 Å². The predicted molar refractivity (Wildman–Crippen MR) is 216 cm³/mol. The lowest BCUT2D eigenvalue weighted by Gasteiger charge is -2.19. The van der Waals surface area contributed by atoms with Crippen molar-refractivity contribution in [3.05, 3.63) is 158 Å². The average molecular weight is 788 g/mol. The van der Waals surface area contributed by atoms with Gasteiger partial charge in [0, 0.05) is 25.6 Å². The van der Waals surface area contributed by atoms with Gasteiger partial charge >= 0.3 is 0 Å². The molecule has 0 spiro atoms. The van der Waals surface area contributed by atoms with Gasteiger partial charge in [-0.2, -0.15) is 0 Å². The smallest absolute Gasteiger partial charge is 0.164 e. The second kappa shape index (κ2) is 16.9. The highest BCUT2D eigenvalue weighted by Gasteiger charge is 2.16. The lowest BCUT2D eigenvalue weighted by molar-refractivity contribution is 0.590. The first-order valence-corrected chi connectivity index (χ1v) is 19.3. The molecule has 0 atom stereocenters. The number of aromatic nitrogens is 3. The van der Waals surface area contributed by atoms with Gasteiger partial charge in [-0.1, -0.05) is 150 Å². The van der Waals surface area contributed by atoms with Crippen LogP contribution in [0, 0.1) is 0 Å². The number of nitrogens with zero attached hydrogens (tertiary/aromatic N) is 3. The van der Waals surface area contributed by atoms with E-state index in [1.807, 2.05) is 0 Å². The molecule has 0 saturated carbocycles. The number of aryl methyl sites for hydroxylation is 4. The number of unbranched alkanes of at least 4 members (excludes halogenated alkanes) is 2. The van der Waals surface area contributed by atoms with Crippen molar-refractivity contribution in [2.45, 2.75) is 77.6 Å². The van der Waals surface area contributed by atoms with Gasteiger partial charge in [0.25, 0.3) is 0 Å². The van der Waals surface area contributed by atoms with Crippen LogP contribution in [0.15, 0.2) is 130 Å². The molecule has 0 aliphatic carbocycles. The summed E-state index contributed by atoms with van der Waals surface area (Å²) in [5, 5.41) is 0. The highest BCUT2D eigenvalue weighted by atomic mass is 79.9. The maximum absolute atomic E-state index is 5.02. The summed E-state index contributed by atoms with van der Waals surface area (Å²) in [4.78, 5) is 15.0. The molecule has 6 rings (SSSR count). The quantitative estimate of drug-likeness (QED) is 0.109. The van der Waals surface area contributed by atoms with Gasteiger partial charge in [0.1, 0.15) is 0 Å². The molecule has 50 heavy (non-hydrogen) atoms. The SMILES string of the molecule is CC(C)(C)c1ccc(-c2nc(-c3ccc(CCCCc4ccc(Br)cc4)cc3)nc(-c3ccc(CCCCc4ccc(Br)cc4)cc3)n2)cc1. The Hall–Kier alpha value is -3.93. The maximum Gasteiger partial charge on any atom is 0.164 e. The van der Waals surface area contributed by atoms with Crippen molar-refractivity contribution in [2.75, 3.05) is 0 Å². The minimum atomic E-state index is 0.0787. The fraction of sp³-hybridized carbons (Fsp3) is 0.267. The first-order valence-electron chi connectivity index (χ1n) is 17.7. The van der Waals surface area contributed by atoms with E-state index in [9.17, 15) is 0 Å². The molecule has 1 heterocycles. The Kier molecular flexibility index (Phi) is 12.1. The fourth-order valence-corrected chi connectivity index (χ4v) is 6.67. The summed E-state index contributed by atoms with van der Waals surface area (Å²) < 4.78 is 2.26. The first kappa shape index (κ1) is 35.9. The number of benzene rings is 5. The molecule has 0 bridgehead atoms. The van der Waals surface area contributed by atoms with E-state index in [-0.39, 0.29) is 5.41 Å². The van der Waals surface area contributed by atoms with Crippen LogP contribution in [0.5, 0.6) is 0 Å². The summed E-state index contributed by atoms with van der Waals surface area (Å²) in [5.41, 5.74) is 9.82. The summed E-state index contributed by atoms with van der Waals surface area (Å²) >= 11 is 7.05. The van der Waals surface area contributed by atoms with E-state index < -0.39 is 0 Å². The third-order valence-electron chi connectivity index (χ3n) is 9.26. The van der Waals surface area contributed by atoms with E-state index >= 15 is 0 Å². The van der Waals surface area contributed by atoms with Crippen LogP contribution in [0.2, 0.25) is 0 Å². The maximum atomic E-state index is 5.02. The van der Waals surface area contributed by atoms with E-state index in [1.54, 1.807) is 0 Å². The van der Waals surface area contributed by atoms with Crippen molar-refractivity contribution >= 4 is 31.9 Å².